The normalized spacial score (nSPS) is 8.93. The second kappa shape index (κ2) is 4.28. The molecule has 0 saturated carbocycles. The fourth-order valence-electron chi connectivity index (χ4n) is 0.924. The maximum absolute atomic E-state index is 10.2. The zero-order chi connectivity index (χ0) is 10.6. The minimum atomic E-state index is -0.932. The van der Waals surface area contributed by atoms with E-state index in [-0.39, 0.29) is 6.42 Å². The van der Waals surface area contributed by atoms with Gasteiger partial charge in [-0.25, -0.2) is 4.98 Å². The standard InChI is InChI=1S/C10H10N2O2/c1-7-5-9(11)12-6-8(7)3-2-4-10(13)14/h5-6H,4H2,1H3,(H2,11,12)(H,13,14). The van der Waals surface area contributed by atoms with Crippen LogP contribution in [0.3, 0.4) is 0 Å². The Balaban J connectivity index is 2.85. The lowest BCUT2D eigenvalue weighted by Crippen LogP contribution is -1.93. The van der Waals surface area contributed by atoms with Gasteiger partial charge in [-0.05, 0) is 18.6 Å². The van der Waals surface area contributed by atoms with Crippen LogP contribution in [-0.2, 0) is 4.79 Å². The third kappa shape index (κ3) is 2.79. The zero-order valence-electron chi connectivity index (χ0n) is 7.74. The monoisotopic (exact) mass is 190 g/mol. The Hall–Kier alpha value is -2.02. The number of carboxylic acid groups (broad SMARTS) is 1. The van der Waals surface area contributed by atoms with Crippen molar-refractivity contribution in [3.63, 3.8) is 0 Å². The largest absolute Gasteiger partial charge is 0.481 e. The highest BCUT2D eigenvalue weighted by Crippen LogP contribution is 2.07. The van der Waals surface area contributed by atoms with Gasteiger partial charge >= 0.3 is 5.97 Å². The summed E-state index contributed by atoms with van der Waals surface area (Å²) in [6.07, 6.45) is 1.38. The maximum Gasteiger partial charge on any atom is 0.315 e. The van der Waals surface area contributed by atoms with Crippen molar-refractivity contribution in [2.24, 2.45) is 0 Å². The number of hydrogen-bond donors (Lipinski definition) is 2. The zero-order valence-corrected chi connectivity index (χ0v) is 7.74. The SMILES string of the molecule is Cc1cc(N)ncc1C#CCC(=O)O. The molecule has 14 heavy (non-hydrogen) atoms. The van der Waals surface area contributed by atoms with Gasteiger partial charge in [0.25, 0.3) is 0 Å². The molecule has 0 amide bonds. The summed E-state index contributed by atoms with van der Waals surface area (Å²) in [7, 11) is 0. The first-order chi connectivity index (χ1) is 6.59. The lowest BCUT2D eigenvalue weighted by Gasteiger charge is -1.97. The highest BCUT2D eigenvalue weighted by atomic mass is 16.4. The van der Waals surface area contributed by atoms with E-state index in [1.165, 1.54) is 0 Å². The van der Waals surface area contributed by atoms with E-state index in [0.717, 1.165) is 5.56 Å². The lowest BCUT2D eigenvalue weighted by atomic mass is 10.1. The van der Waals surface area contributed by atoms with Crippen LogP contribution >= 0.6 is 0 Å². The molecule has 0 aliphatic carbocycles. The molecule has 1 heterocycles. The summed E-state index contributed by atoms with van der Waals surface area (Å²) in [5.41, 5.74) is 7.06. The molecule has 1 aromatic rings. The van der Waals surface area contributed by atoms with Crippen molar-refractivity contribution in [3.8, 4) is 11.8 Å². The molecule has 1 rings (SSSR count). The van der Waals surface area contributed by atoms with E-state index in [1.54, 1.807) is 12.3 Å². The van der Waals surface area contributed by atoms with Crippen LogP contribution in [0.1, 0.15) is 17.5 Å². The highest BCUT2D eigenvalue weighted by Gasteiger charge is 1.96. The van der Waals surface area contributed by atoms with Gasteiger partial charge < -0.3 is 10.8 Å². The quantitative estimate of drug-likeness (QED) is 0.642. The van der Waals surface area contributed by atoms with Gasteiger partial charge in [0, 0.05) is 11.8 Å². The average molecular weight is 190 g/mol. The van der Waals surface area contributed by atoms with E-state index in [9.17, 15) is 4.79 Å². The molecule has 0 aliphatic rings. The molecule has 0 unspecified atom stereocenters. The summed E-state index contributed by atoms with van der Waals surface area (Å²) in [5, 5.41) is 8.37. The Morgan fingerprint density at radius 1 is 1.71 bits per heavy atom. The molecule has 0 spiro atoms. The van der Waals surface area contributed by atoms with Crippen LogP contribution < -0.4 is 5.73 Å². The number of nitrogens with zero attached hydrogens (tertiary/aromatic N) is 1. The Morgan fingerprint density at radius 2 is 2.43 bits per heavy atom. The summed E-state index contributed by atoms with van der Waals surface area (Å²) < 4.78 is 0. The summed E-state index contributed by atoms with van der Waals surface area (Å²) in [5.74, 6) is 4.76. The fraction of sp³-hybridized carbons (Fsp3) is 0.200. The predicted molar refractivity (Wildman–Crippen MR) is 52.5 cm³/mol. The first-order valence-corrected chi connectivity index (χ1v) is 4.02. The first kappa shape index (κ1) is 10.1. The van der Waals surface area contributed by atoms with Gasteiger partial charge in [-0.1, -0.05) is 11.8 Å². The third-order valence-corrected chi connectivity index (χ3v) is 1.59. The number of aryl methyl sites for hydroxylation is 1. The van der Waals surface area contributed by atoms with E-state index in [1.807, 2.05) is 6.92 Å². The van der Waals surface area contributed by atoms with Gasteiger partial charge in [0.05, 0.1) is 0 Å². The molecule has 0 fully saturated rings. The van der Waals surface area contributed by atoms with Crippen molar-refractivity contribution < 1.29 is 9.90 Å². The Morgan fingerprint density at radius 3 is 3.00 bits per heavy atom. The Kier molecular flexibility index (Phi) is 3.08. The average Bonchev–Trinajstić information content (AvgIpc) is 2.08. The summed E-state index contributed by atoms with van der Waals surface area (Å²) in [6, 6.07) is 1.70. The number of nitrogen functional groups attached to an aromatic ring is 1. The van der Waals surface area contributed by atoms with Gasteiger partial charge in [0.15, 0.2) is 0 Å². The number of carboxylic acids is 1. The number of pyridine rings is 1. The minimum Gasteiger partial charge on any atom is -0.481 e. The molecule has 4 nitrogen and oxygen atoms in total. The van der Waals surface area contributed by atoms with Crippen LogP contribution in [0.2, 0.25) is 0 Å². The van der Waals surface area contributed by atoms with E-state index in [4.69, 9.17) is 10.8 Å². The number of nitrogens with two attached hydrogens (primary N) is 1. The van der Waals surface area contributed by atoms with E-state index in [2.05, 4.69) is 16.8 Å². The van der Waals surface area contributed by atoms with E-state index < -0.39 is 5.97 Å². The van der Waals surface area contributed by atoms with Gasteiger partial charge in [0.1, 0.15) is 12.2 Å². The fourth-order valence-corrected chi connectivity index (χ4v) is 0.924. The molecule has 4 heteroatoms. The Bertz CT molecular complexity index is 416. The van der Waals surface area contributed by atoms with Crippen molar-refractivity contribution in [2.45, 2.75) is 13.3 Å². The van der Waals surface area contributed by atoms with Crippen LogP contribution in [-0.4, -0.2) is 16.1 Å². The number of aliphatic carboxylic acids is 1. The minimum absolute atomic E-state index is 0.163. The molecular formula is C10H10N2O2. The van der Waals surface area contributed by atoms with Gasteiger partial charge in [-0.2, -0.15) is 0 Å². The summed E-state index contributed by atoms with van der Waals surface area (Å²) in [4.78, 5) is 14.1. The summed E-state index contributed by atoms with van der Waals surface area (Å²) in [6.45, 7) is 1.85. The molecule has 0 aliphatic heterocycles. The van der Waals surface area contributed by atoms with Gasteiger partial charge in [-0.15, -0.1) is 0 Å². The van der Waals surface area contributed by atoms with Crippen molar-refractivity contribution in [2.75, 3.05) is 5.73 Å². The number of hydrogen-bond acceptors (Lipinski definition) is 3. The van der Waals surface area contributed by atoms with Gasteiger partial charge in [0.2, 0.25) is 0 Å². The van der Waals surface area contributed by atoms with E-state index in [0.29, 0.717) is 11.4 Å². The number of aromatic nitrogens is 1. The smallest absolute Gasteiger partial charge is 0.315 e. The summed E-state index contributed by atoms with van der Waals surface area (Å²) >= 11 is 0. The van der Waals surface area contributed by atoms with Crippen molar-refractivity contribution >= 4 is 11.8 Å². The van der Waals surface area contributed by atoms with Crippen LogP contribution in [0.25, 0.3) is 0 Å². The molecule has 72 valence electrons. The maximum atomic E-state index is 10.2. The molecule has 0 bridgehead atoms. The topological polar surface area (TPSA) is 76.2 Å². The molecule has 1 aromatic heterocycles. The van der Waals surface area contributed by atoms with Crippen molar-refractivity contribution in [1.29, 1.82) is 0 Å². The second-order valence-corrected chi connectivity index (χ2v) is 2.80. The van der Waals surface area contributed by atoms with Crippen LogP contribution in [0.4, 0.5) is 5.82 Å². The second-order valence-electron chi connectivity index (χ2n) is 2.80. The molecule has 0 radical (unpaired) electrons. The lowest BCUT2D eigenvalue weighted by molar-refractivity contribution is -0.135. The molecule has 0 atom stereocenters. The number of anilines is 1. The third-order valence-electron chi connectivity index (χ3n) is 1.59. The highest BCUT2D eigenvalue weighted by molar-refractivity contribution is 5.70. The van der Waals surface area contributed by atoms with Crippen molar-refractivity contribution in [3.05, 3.63) is 23.4 Å². The van der Waals surface area contributed by atoms with Crippen molar-refractivity contribution in [1.82, 2.24) is 4.98 Å². The van der Waals surface area contributed by atoms with Gasteiger partial charge in [-0.3, -0.25) is 4.79 Å². The van der Waals surface area contributed by atoms with E-state index >= 15 is 0 Å². The number of rotatable bonds is 1. The first-order valence-electron chi connectivity index (χ1n) is 4.02. The molecule has 3 N–H and O–H groups in total. The number of carbonyl (C=O) groups is 1. The predicted octanol–water partition coefficient (Wildman–Crippen LogP) is 0.798. The Labute approximate surface area is 81.8 Å². The molecule has 0 saturated heterocycles. The molecular weight excluding hydrogens is 180 g/mol. The van der Waals surface area contributed by atoms with Crippen LogP contribution in [0.5, 0.6) is 0 Å². The molecule has 0 aromatic carbocycles. The van der Waals surface area contributed by atoms with Crippen LogP contribution in [0.15, 0.2) is 12.3 Å². The van der Waals surface area contributed by atoms with Crippen LogP contribution in [0, 0.1) is 18.8 Å².